The molecule has 0 bridgehead atoms. The molecule has 0 aromatic heterocycles. The van der Waals surface area contributed by atoms with Crippen LogP contribution in [0.5, 0.6) is 0 Å². The van der Waals surface area contributed by atoms with Crippen molar-refractivity contribution in [3.63, 3.8) is 0 Å². The van der Waals surface area contributed by atoms with Gasteiger partial charge in [0.2, 0.25) is 0 Å². The number of benzene rings is 1. The molecule has 1 atom stereocenters. The van der Waals surface area contributed by atoms with Crippen LogP contribution in [0.15, 0.2) is 27.1 Å². The van der Waals surface area contributed by atoms with Crippen molar-refractivity contribution in [2.75, 3.05) is 19.0 Å². The Hall–Kier alpha value is -0.550. The Balaban J connectivity index is 2.64. The summed E-state index contributed by atoms with van der Waals surface area (Å²) in [7, 11) is 1.40. The lowest BCUT2D eigenvalue weighted by atomic mass is 10.2. The van der Waals surface area contributed by atoms with Crippen molar-refractivity contribution >= 4 is 43.5 Å². The zero-order valence-electron chi connectivity index (χ0n) is 9.09. The third-order valence-corrected chi connectivity index (χ3v) is 3.47. The molecule has 1 unspecified atom stereocenters. The second-order valence-corrected chi connectivity index (χ2v) is 5.11. The Kier molecular flexibility index (Phi) is 5.28. The maximum atomic E-state index is 11.2. The number of nitrogens with one attached hydrogen (secondary N) is 1. The number of ether oxygens (including phenoxy) is 1. The van der Waals surface area contributed by atoms with Crippen molar-refractivity contribution in [2.45, 2.75) is 6.92 Å². The number of para-hydroxylation sites is 1. The number of hydrogen-bond acceptors (Lipinski definition) is 3. The maximum absolute atomic E-state index is 11.2. The second kappa shape index (κ2) is 6.25. The van der Waals surface area contributed by atoms with Gasteiger partial charge in [0.15, 0.2) is 0 Å². The van der Waals surface area contributed by atoms with Crippen LogP contribution < -0.4 is 5.32 Å². The number of methoxy groups -OCH3 is 1. The van der Waals surface area contributed by atoms with Crippen molar-refractivity contribution in [3.05, 3.63) is 27.1 Å². The molecule has 5 heteroatoms. The Morgan fingerprint density at radius 1 is 1.44 bits per heavy atom. The highest BCUT2D eigenvalue weighted by Gasteiger charge is 2.13. The van der Waals surface area contributed by atoms with E-state index >= 15 is 0 Å². The number of hydrogen-bond donors (Lipinski definition) is 1. The number of halogens is 2. The van der Waals surface area contributed by atoms with Crippen LogP contribution in [0.1, 0.15) is 6.92 Å². The number of carbonyl (C=O) groups excluding carboxylic acids is 1. The summed E-state index contributed by atoms with van der Waals surface area (Å²) in [5.74, 6) is -0.389. The molecule has 1 aromatic rings. The number of carbonyl (C=O) groups is 1. The largest absolute Gasteiger partial charge is 0.469 e. The van der Waals surface area contributed by atoms with Crippen molar-refractivity contribution < 1.29 is 9.53 Å². The van der Waals surface area contributed by atoms with E-state index in [-0.39, 0.29) is 11.9 Å². The zero-order valence-corrected chi connectivity index (χ0v) is 12.3. The lowest BCUT2D eigenvalue weighted by Gasteiger charge is -2.14. The summed E-state index contributed by atoms with van der Waals surface area (Å²) in [5.41, 5.74) is 0.943. The summed E-state index contributed by atoms with van der Waals surface area (Å²) in [6.07, 6.45) is 0. The number of anilines is 1. The third-order valence-electron chi connectivity index (χ3n) is 2.15. The van der Waals surface area contributed by atoms with Crippen LogP contribution in [0.3, 0.4) is 0 Å². The molecule has 0 amide bonds. The Morgan fingerprint density at radius 3 is 2.50 bits per heavy atom. The average Bonchev–Trinajstić information content (AvgIpc) is 2.27. The standard InChI is InChI=1S/C11H13Br2NO2/c1-7(11(15)16-2)6-14-10-8(12)4-3-5-9(10)13/h3-5,7,14H,6H2,1-2H3. The summed E-state index contributed by atoms with van der Waals surface area (Å²) in [6, 6.07) is 5.81. The van der Waals surface area contributed by atoms with Gasteiger partial charge in [0.05, 0.1) is 18.7 Å². The molecule has 0 heterocycles. The maximum Gasteiger partial charge on any atom is 0.310 e. The molecule has 3 nitrogen and oxygen atoms in total. The zero-order chi connectivity index (χ0) is 12.1. The van der Waals surface area contributed by atoms with E-state index in [9.17, 15) is 4.79 Å². The minimum atomic E-state index is -0.212. The van der Waals surface area contributed by atoms with Crippen LogP contribution in [0.2, 0.25) is 0 Å². The molecule has 0 aliphatic heterocycles. The van der Waals surface area contributed by atoms with Gasteiger partial charge in [-0.1, -0.05) is 13.0 Å². The van der Waals surface area contributed by atoms with Gasteiger partial charge < -0.3 is 10.1 Å². The smallest absolute Gasteiger partial charge is 0.310 e. The van der Waals surface area contributed by atoms with Gasteiger partial charge in [-0.25, -0.2) is 0 Å². The minimum Gasteiger partial charge on any atom is -0.469 e. The summed E-state index contributed by atoms with van der Waals surface area (Å²) in [6.45, 7) is 2.36. The quantitative estimate of drug-likeness (QED) is 0.845. The fourth-order valence-corrected chi connectivity index (χ4v) is 2.49. The van der Waals surface area contributed by atoms with Gasteiger partial charge in [0.25, 0.3) is 0 Å². The molecule has 88 valence electrons. The SMILES string of the molecule is COC(=O)C(C)CNc1c(Br)cccc1Br. The van der Waals surface area contributed by atoms with Crippen LogP contribution in [0.4, 0.5) is 5.69 Å². The third kappa shape index (κ3) is 3.49. The van der Waals surface area contributed by atoms with Crippen molar-refractivity contribution in [3.8, 4) is 0 Å². The van der Waals surface area contributed by atoms with Crippen molar-refractivity contribution in [2.24, 2.45) is 5.92 Å². The van der Waals surface area contributed by atoms with Gasteiger partial charge in [0, 0.05) is 15.5 Å². The van der Waals surface area contributed by atoms with Gasteiger partial charge in [-0.15, -0.1) is 0 Å². The van der Waals surface area contributed by atoms with E-state index in [1.807, 2.05) is 25.1 Å². The average molecular weight is 351 g/mol. The fraction of sp³-hybridized carbons (Fsp3) is 0.364. The van der Waals surface area contributed by atoms with E-state index in [4.69, 9.17) is 0 Å². The molecule has 1 rings (SSSR count). The normalized spacial score (nSPS) is 12.0. The Morgan fingerprint density at radius 2 is 2.00 bits per heavy atom. The highest BCUT2D eigenvalue weighted by Crippen LogP contribution is 2.30. The molecule has 0 radical (unpaired) electrons. The molecule has 1 N–H and O–H groups in total. The highest BCUT2D eigenvalue weighted by atomic mass is 79.9. The Labute approximate surface area is 112 Å². The topological polar surface area (TPSA) is 38.3 Å². The molecule has 0 aliphatic rings. The molecule has 0 spiro atoms. The van der Waals surface area contributed by atoms with Crippen LogP contribution in [-0.4, -0.2) is 19.6 Å². The van der Waals surface area contributed by atoms with Gasteiger partial charge in [-0.2, -0.15) is 0 Å². The predicted octanol–water partition coefficient (Wildman–Crippen LogP) is 3.43. The molecule has 0 saturated heterocycles. The Bertz CT molecular complexity index is 362. The minimum absolute atomic E-state index is 0.177. The molecule has 16 heavy (non-hydrogen) atoms. The van der Waals surface area contributed by atoms with E-state index in [0.29, 0.717) is 6.54 Å². The molecule has 0 saturated carbocycles. The molecular weight excluding hydrogens is 338 g/mol. The van der Waals surface area contributed by atoms with Crippen LogP contribution in [-0.2, 0) is 9.53 Å². The van der Waals surface area contributed by atoms with Crippen LogP contribution in [0, 0.1) is 5.92 Å². The summed E-state index contributed by atoms with van der Waals surface area (Å²) in [4.78, 5) is 11.2. The first-order chi connectivity index (χ1) is 7.56. The van der Waals surface area contributed by atoms with E-state index < -0.39 is 0 Å². The number of esters is 1. The first-order valence-corrected chi connectivity index (χ1v) is 6.40. The summed E-state index contributed by atoms with van der Waals surface area (Å²) < 4.78 is 6.57. The highest BCUT2D eigenvalue weighted by molar-refractivity contribution is 9.11. The van der Waals surface area contributed by atoms with Gasteiger partial charge in [-0.3, -0.25) is 4.79 Å². The van der Waals surface area contributed by atoms with Crippen LogP contribution >= 0.6 is 31.9 Å². The van der Waals surface area contributed by atoms with Crippen molar-refractivity contribution in [1.29, 1.82) is 0 Å². The van der Waals surface area contributed by atoms with E-state index in [2.05, 4.69) is 41.9 Å². The van der Waals surface area contributed by atoms with Gasteiger partial charge in [-0.05, 0) is 44.0 Å². The van der Waals surface area contributed by atoms with E-state index in [1.54, 1.807) is 0 Å². The van der Waals surface area contributed by atoms with Gasteiger partial charge >= 0.3 is 5.97 Å². The fourth-order valence-electron chi connectivity index (χ4n) is 1.21. The van der Waals surface area contributed by atoms with Crippen LogP contribution in [0.25, 0.3) is 0 Å². The van der Waals surface area contributed by atoms with Crippen molar-refractivity contribution in [1.82, 2.24) is 0 Å². The first kappa shape index (κ1) is 13.5. The van der Waals surface area contributed by atoms with E-state index in [0.717, 1.165) is 14.6 Å². The molecule has 0 aliphatic carbocycles. The van der Waals surface area contributed by atoms with E-state index in [1.165, 1.54) is 7.11 Å². The number of rotatable bonds is 4. The molecular formula is C11H13Br2NO2. The van der Waals surface area contributed by atoms with Gasteiger partial charge in [0.1, 0.15) is 0 Å². The summed E-state index contributed by atoms with van der Waals surface area (Å²) in [5, 5.41) is 3.20. The summed E-state index contributed by atoms with van der Waals surface area (Å²) >= 11 is 6.89. The first-order valence-electron chi connectivity index (χ1n) is 4.82. The second-order valence-electron chi connectivity index (χ2n) is 3.40. The molecule has 0 fully saturated rings. The molecule has 1 aromatic carbocycles. The lowest BCUT2D eigenvalue weighted by molar-refractivity contribution is -0.144. The lowest BCUT2D eigenvalue weighted by Crippen LogP contribution is -2.21. The monoisotopic (exact) mass is 349 g/mol. The predicted molar refractivity (Wildman–Crippen MR) is 71.5 cm³/mol.